The summed E-state index contributed by atoms with van der Waals surface area (Å²) < 4.78 is 26.6. The van der Waals surface area contributed by atoms with Crippen LogP contribution in [0.25, 0.3) is 0 Å². The zero-order chi connectivity index (χ0) is 13.3. The van der Waals surface area contributed by atoms with Gasteiger partial charge in [-0.1, -0.05) is 19.1 Å². The highest BCUT2D eigenvalue weighted by Crippen LogP contribution is 2.26. The Morgan fingerprint density at radius 3 is 2.67 bits per heavy atom. The van der Waals surface area contributed by atoms with Crippen LogP contribution < -0.4 is 5.73 Å². The smallest absolute Gasteiger partial charge is 0.243 e. The van der Waals surface area contributed by atoms with Crippen LogP contribution in [0.2, 0.25) is 0 Å². The number of hydrogen-bond donors (Lipinski definition) is 1. The Balaban J connectivity index is 2.36. The second-order valence-electron chi connectivity index (χ2n) is 5.06. The van der Waals surface area contributed by atoms with E-state index in [9.17, 15) is 8.42 Å². The van der Waals surface area contributed by atoms with Crippen LogP contribution in [0, 0.1) is 12.8 Å². The maximum absolute atomic E-state index is 12.5. The van der Waals surface area contributed by atoms with Crippen LogP contribution in [0.15, 0.2) is 23.1 Å². The average Bonchev–Trinajstić information content (AvgIpc) is 2.76. The minimum Gasteiger partial charge on any atom is -0.326 e. The van der Waals surface area contributed by atoms with E-state index in [2.05, 4.69) is 6.92 Å². The highest BCUT2D eigenvalue weighted by Gasteiger charge is 2.31. The molecule has 1 aromatic carbocycles. The lowest BCUT2D eigenvalue weighted by molar-refractivity contribution is 0.464. The fourth-order valence-corrected chi connectivity index (χ4v) is 4.16. The molecule has 0 aliphatic carbocycles. The molecule has 1 atom stereocenters. The molecule has 18 heavy (non-hydrogen) atoms. The molecule has 4 nitrogen and oxygen atoms in total. The first kappa shape index (κ1) is 13.5. The van der Waals surface area contributed by atoms with Crippen LogP contribution in [-0.4, -0.2) is 25.8 Å². The van der Waals surface area contributed by atoms with Gasteiger partial charge in [0, 0.05) is 19.6 Å². The van der Waals surface area contributed by atoms with E-state index in [1.807, 2.05) is 13.0 Å². The molecule has 2 rings (SSSR count). The Kier molecular flexibility index (Phi) is 3.75. The quantitative estimate of drug-likeness (QED) is 0.903. The van der Waals surface area contributed by atoms with E-state index >= 15 is 0 Å². The average molecular weight is 268 g/mol. The summed E-state index contributed by atoms with van der Waals surface area (Å²) in [6, 6.07) is 5.32. The molecule has 2 N–H and O–H groups in total. The van der Waals surface area contributed by atoms with E-state index in [1.54, 1.807) is 16.4 Å². The first-order valence-corrected chi connectivity index (χ1v) is 7.69. The van der Waals surface area contributed by atoms with Gasteiger partial charge >= 0.3 is 0 Å². The van der Waals surface area contributed by atoms with Gasteiger partial charge in [-0.3, -0.25) is 0 Å². The molecule has 1 aliphatic rings. The molecule has 5 heteroatoms. The molecule has 0 radical (unpaired) electrons. The number of rotatable bonds is 3. The molecule has 0 aromatic heterocycles. The van der Waals surface area contributed by atoms with Gasteiger partial charge in [-0.25, -0.2) is 8.42 Å². The summed E-state index contributed by atoms with van der Waals surface area (Å²) in [4.78, 5) is 0.411. The van der Waals surface area contributed by atoms with Gasteiger partial charge in [-0.2, -0.15) is 4.31 Å². The van der Waals surface area contributed by atoms with E-state index in [1.165, 1.54) is 0 Å². The number of benzene rings is 1. The van der Waals surface area contributed by atoms with Gasteiger partial charge in [-0.05, 0) is 36.5 Å². The minimum absolute atomic E-state index is 0.411. The van der Waals surface area contributed by atoms with Gasteiger partial charge in [0.1, 0.15) is 0 Å². The lowest BCUT2D eigenvalue weighted by Crippen LogP contribution is -2.29. The molecule has 1 aliphatic heterocycles. The van der Waals surface area contributed by atoms with E-state index in [0.717, 1.165) is 17.5 Å². The highest BCUT2D eigenvalue weighted by molar-refractivity contribution is 7.89. The summed E-state index contributed by atoms with van der Waals surface area (Å²) in [5.74, 6) is 0.448. The third kappa shape index (κ3) is 2.43. The molecule has 0 saturated carbocycles. The molecular formula is C13H20N2O2S. The predicted octanol–water partition coefficient (Wildman–Crippen LogP) is 1.48. The summed E-state index contributed by atoms with van der Waals surface area (Å²) in [7, 11) is -3.33. The largest absolute Gasteiger partial charge is 0.326 e. The van der Waals surface area contributed by atoms with Crippen molar-refractivity contribution in [1.29, 1.82) is 0 Å². The standard InChI is InChI=1S/C13H20N2O2S/c1-10-5-6-15(9-10)18(16,17)13-4-3-12(8-14)7-11(13)2/h3-4,7,10H,5-6,8-9,14H2,1-2H3. The van der Waals surface area contributed by atoms with Crippen LogP contribution in [0.1, 0.15) is 24.5 Å². The third-order valence-electron chi connectivity index (χ3n) is 3.48. The van der Waals surface area contributed by atoms with Gasteiger partial charge in [0.15, 0.2) is 0 Å². The molecule has 100 valence electrons. The number of aryl methyl sites for hydroxylation is 1. The highest BCUT2D eigenvalue weighted by atomic mass is 32.2. The molecular weight excluding hydrogens is 248 g/mol. The molecule has 1 aromatic rings. The Labute approximate surface area is 109 Å². The second kappa shape index (κ2) is 4.99. The van der Waals surface area contributed by atoms with Crippen LogP contribution >= 0.6 is 0 Å². The number of nitrogens with zero attached hydrogens (tertiary/aromatic N) is 1. The maximum Gasteiger partial charge on any atom is 0.243 e. The number of sulfonamides is 1. The summed E-state index contributed by atoms with van der Waals surface area (Å²) in [5.41, 5.74) is 7.29. The monoisotopic (exact) mass is 268 g/mol. The van der Waals surface area contributed by atoms with Crippen molar-refractivity contribution in [3.05, 3.63) is 29.3 Å². The first-order valence-electron chi connectivity index (χ1n) is 6.25. The van der Waals surface area contributed by atoms with Crippen molar-refractivity contribution >= 4 is 10.0 Å². The maximum atomic E-state index is 12.5. The Bertz CT molecular complexity index is 540. The van der Waals surface area contributed by atoms with Crippen LogP contribution in [0.3, 0.4) is 0 Å². The Morgan fingerprint density at radius 2 is 2.17 bits per heavy atom. The predicted molar refractivity (Wildman–Crippen MR) is 71.6 cm³/mol. The summed E-state index contributed by atoms with van der Waals surface area (Å²) in [5, 5.41) is 0. The molecule has 0 amide bonds. The molecule has 0 bridgehead atoms. The molecule has 1 fully saturated rings. The summed E-state index contributed by atoms with van der Waals surface area (Å²) in [6.07, 6.45) is 0.944. The normalized spacial score (nSPS) is 21.4. The molecule has 0 spiro atoms. The SMILES string of the molecule is Cc1cc(CN)ccc1S(=O)(=O)N1CCC(C)C1. The zero-order valence-electron chi connectivity index (χ0n) is 10.9. The second-order valence-corrected chi connectivity index (χ2v) is 6.97. The van der Waals surface area contributed by atoms with Crippen LogP contribution in [0.4, 0.5) is 0 Å². The van der Waals surface area contributed by atoms with Gasteiger partial charge in [0.25, 0.3) is 0 Å². The number of hydrogen-bond acceptors (Lipinski definition) is 3. The Morgan fingerprint density at radius 1 is 1.44 bits per heavy atom. The third-order valence-corrected chi connectivity index (χ3v) is 5.50. The van der Waals surface area contributed by atoms with Gasteiger partial charge in [0.05, 0.1) is 4.90 Å². The van der Waals surface area contributed by atoms with E-state index in [4.69, 9.17) is 5.73 Å². The Hall–Kier alpha value is -0.910. The lowest BCUT2D eigenvalue weighted by Gasteiger charge is -2.18. The van der Waals surface area contributed by atoms with Crippen molar-refractivity contribution < 1.29 is 8.42 Å². The van der Waals surface area contributed by atoms with Crippen LogP contribution in [0.5, 0.6) is 0 Å². The van der Waals surface area contributed by atoms with Gasteiger partial charge < -0.3 is 5.73 Å². The molecule has 1 unspecified atom stereocenters. The topological polar surface area (TPSA) is 63.4 Å². The number of nitrogens with two attached hydrogens (primary N) is 1. The fraction of sp³-hybridized carbons (Fsp3) is 0.538. The van der Waals surface area contributed by atoms with Crippen molar-refractivity contribution in [1.82, 2.24) is 4.31 Å². The molecule has 1 saturated heterocycles. The van der Waals surface area contributed by atoms with Crippen molar-refractivity contribution in [2.24, 2.45) is 11.7 Å². The van der Waals surface area contributed by atoms with Crippen molar-refractivity contribution in [2.45, 2.75) is 31.7 Å². The summed E-state index contributed by atoms with van der Waals surface area (Å²) >= 11 is 0. The van der Waals surface area contributed by atoms with Crippen molar-refractivity contribution in [2.75, 3.05) is 13.1 Å². The van der Waals surface area contributed by atoms with E-state index in [0.29, 0.717) is 30.4 Å². The van der Waals surface area contributed by atoms with Gasteiger partial charge in [0.2, 0.25) is 10.0 Å². The zero-order valence-corrected chi connectivity index (χ0v) is 11.7. The fourth-order valence-electron chi connectivity index (χ4n) is 2.38. The minimum atomic E-state index is -3.33. The van der Waals surface area contributed by atoms with Crippen LogP contribution in [-0.2, 0) is 16.6 Å². The van der Waals surface area contributed by atoms with Crippen molar-refractivity contribution in [3.8, 4) is 0 Å². The van der Waals surface area contributed by atoms with Crippen molar-refractivity contribution in [3.63, 3.8) is 0 Å². The lowest BCUT2D eigenvalue weighted by atomic mass is 10.1. The molecule has 1 heterocycles. The van der Waals surface area contributed by atoms with E-state index < -0.39 is 10.0 Å². The van der Waals surface area contributed by atoms with Gasteiger partial charge in [-0.15, -0.1) is 0 Å². The van der Waals surface area contributed by atoms with E-state index in [-0.39, 0.29) is 0 Å². The summed E-state index contributed by atoms with van der Waals surface area (Å²) in [6.45, 7) is 5.59. The first-order chi connectivity index (χ1) is 8.45.